The molecule has 2 N–H and O–H groups in total. The molecular formula is C10H4Cl4N6O. The molecule has 2 aromatic heterocycles. The van der Waals surface area contributed by atoms with E-state index in [-0.39, 0.29) is 31.7 Å². The Morgan fingerprint density at radius 3 is 1.95 bits per heavy atom. The predicted molar refractivity (Wildman–Crippen MR) is 77.3 cm³/mol. The highest BCUT2D eigenvalue weighted by Gasteiger charge is 2.08. The van der Waals surface area contributed by atoms with Gasteiger partial charge in [0.2, 0.25) is 0 Å². The number of amides is 1. The van der Waals surface area contributed by atoms with Gasteiger partial charge in [0.25, 0.3) is 5.91 Å². The van der Waals surface area contributed by atoms with Gasteiger partial charge in [-0.2, -0.15) is 5.26 Å². The van der Waals surface area contributed by atoms with Crippen LogP contribution in [-0.2, 0) is 0 Å². The van der Waals surface area contributed by atoms with Crippen LogP contribution in [-0.4, -0.2) is 26.3 Å². The van der Waals surface area contributed by atoms with Crippen LogP contribution in [0.5, 0.6) is 0 Å². The second-order valence-electron chi connectivity index (χ2n) is 3.22. The molecule has 0 saturated heterocycles. The van der Waals surface area contributed by atoms with Gasteiger partial charge in [-0.3, -0.25) is 4.79 Å². The van der Waals surface area contributed by atoms with Crippen molar-refractivity contribution in [1.82, 2.24) is 20.4 Å². The number of nitriles is 1. The molecule has 0 saturated carbocycles. The summed E-state index contributed by atoms with van der Waals surface area (Å²) in [4.78, 5) is 10.6. The van der Waals surface area contributed by atoms with Crippen LogP contribution in [0.15, 0.2) is 12.1 Å². The van der Waals surface area contributed by atoms with Gasteiger partial charge in [-0.15, -0.1) is 20.4 Å². The molecule has 0 aliphatic heterocycles. The van der Waals surface area contributed by atoms with Crippen molar-refractivity contribution >= 4 is 52.3 Å². The Balaban J connectivity index is 0.000000211. The molecule has 0 fully saturated rings. The van der Waals surface area contributed by atoms with E-state index in [1.807, 2.05) is 6.07 Å². The Morgan fingerprint density at radius 2 is 1.52 bits per heavy atom. The van der Waals surface area contributed by atoms with Gasteiger partial charge in [0.15, 0.2) is 20.6 Å². The van der Waals surface area contributed by atoms with E-state index in [1.54, 1.807) is 0 Å². The predicted octanol–water partition coefficient (Wildman–Crippen LogP) is 2.54. The van der Waals surface area contributed by atoms with Crippen molar-refractivity contribution in [1.29, 1.82) is 5.26 Å². The van der Waals surface area contributed by atoms with E-state index in [9.17, 15) is 4.79 Å². The maximum atomic E-state index is 10.6. The third-order valence-corrected chi connectivity index (χ3v) is 2.75. The van der Waals surface area contributed by atoms with E-state index in [2.05, 4.69) is 20.4 Å². The molecule has 0 bridgehead atoms. The Labute approximate surface area is 138 Å². The highest BCUT2D eigenvalue weighted by molar-refractivity contribution is 6.34. The quantitative estimate of drug-likeness (QED) is 0.829. The van der Waals surface area contributed by atoms with E-state index in [1.165, 1.54) is 12.1 Å². The maximum absolute atomic E-state index is 10.6. The van der Waals surface area contributed by atoms with Crippen molar-refractivity contribution < 1.29 is 4.79 Å². The van der Waals surface area contributed by atoms with Crippen molar-refractivity contribution in [2.75, 3.05) is 0 Å². The van der Waals surface area contributed by atoms with Crippen LogP contribution < -0.4 is 5.73 Å². The standard InChI is InChI=1S/C5H3Cl2N3O.C5HCl2N3/c6-3-1-2(5(8)11)4(7)10-9-3;6-4-1-3(2-8)5(7)10-9-4/h1H,(H2,8,11);1H. The lowest BCUT2D eigenvalue weighted by molar-refractivity contribution is 0.1000. The summed E-state index contributed by atoms with van der Waals surface area (Å²) < 4.78 is 0. The largest absolute Gasteiger partial charge is 0.366 e. The van der Waals surface area contributed by atoms with Gasteiger partial charge in [-0.1, -0.05) is 46.4 Å². The molecule has 11 heteroatoms. The topological polar surface area (TPSA) is 118 Å². The fraction of sp³-hybridized carbons (Fsp3) is 0. The number of rotatable bonds is 1. The molecule has 0 atom stereocenters. The summed E-state index contributed by atoms with van der Waals surface area (Å²) in [6.45, 7) is 0. The van der Waals surface area contributed by atoms with Gasteiger partial charge >= 0.3 is 0 Å². The summed E-state index contributed by atoms with van der Waals surface area (Å²) in [5.41, 5.74) is 5.25. The second-order valence-corrected chi connectivity index (χ2v) is 4.71. The van der Waals surface area contributed by atoms with Crippen LogP contribution in [0.3, 0.4) is 0 Å². The SMILES string of the molecule is N#Cc1cc(Cl)nnc1Cl.NC(=O)c1cc(Cl)nnc1Cl. The minimum Gasteiger partial charge on any atom is -0.366 e. The van der Waals surface area contributed by atoms with Crippen molar-refractivity contribution in [2.45, 2.75) is 0 Å². The second kappa shape index (κ2) is 7.90. The number of halogens is 4. The summed E-state index contributed by atoms with van der Waals surface area (Å²) in [7, 11) is 0. The highest BCUT2D eigenvalue weighted by Crippen LogP contribution is 2.14. The number of nitrogens with zero attached hydrogens (tertiary/aromatic N) is 5. The molecule has 2 aromatic rings. The summed E-state index contributed by atoms with van der Waals surface area (Å²) in [5.74, 6) is -0.674. The van der Waals surface area contributed by atoms with Crippen LogP contribution in [0.25, 0.3) is 0 Å². The van der Waals surface area contributed by atoms with Crippen molar-refractivity contribution in [3.05, 3.63) is 43.9 Å². The molecule has 2 rings (SSSR count). The number of carbonyl (C=O) groups is 1. The molecular weight excluding hydrogens is 362 g/mol. The molecule has 2 heterocycles. The maximum Gasteiger partial charge on any atom is 0.252 e. The minimum absolute atomic E-state index is 0.0399. The lowest BCUT2D eigenvalue weighted by atomic mass is 10.3. The summed E-state index contributed by atoms with van der Waals surface area (Å²) >= 11 is 21.7. The lowest BCUT2D eigenvalue weighted by Gasteiger charge is -1.95. The van der Waals surface area contributed by atoms with Crippen LogP contribution in [0.2, 0.25) is 20.6 Å². The number of primary amides is 1. The average Bonchev–Trinajstić information content (AvgIpc) is 2.44. The van der Waals surface area contributed by atoms with Gasteiger partial charge < -0.3 is 5.73 Å². The lowest BCUT2D eigenvalue weighted by Crippen LogP contribution is -2.12. The number of nitrogens with two attached hydrogens (primary N) is 1. The first kappa shape index (κ1) is 17.3. The smallest absolute Gasteiger partial charge is 0.252 e. The minimum atomic E-state index is -0.674. The van der Waals surface area contributed by atoms with E-state index in [0.717, 1.165) is 0 Å². The molecule has 108 valence electrons. The third-order valence-electron chi connectivity index (χ3n) is 1.82. The van der Waals surface area contributed by atoms with E-state index in [0.29, 0.717) is 0 Å². The Morgan fingerprint density at radius 1 is 1.00 bits per heavy atom. The zero-order valence-corrected chi connectivity index (χ0v) is 12.9. The van der Waals surface area contributed by atoms with Crippen molar-refractivity contribution in [2.24, 2.45) is 5.73 Å². The zero-order chi connectivity index (χ0) is 16.0. The number of aromatic nitrogens is 4. The zero-order valence-electron chi connectivity index (χ0n) is 9.89. The Kier molecular flexibility index (Phi) is 6.52. The molecule has 7 nitrogen and oxygen atoms in total. The average molecular weight is 366 g/mol. The van der Waals surface area contributed by atoms with Crippen molar-refractivity contribution in [3.8, 4) is 6.07 Å². The molecule has 21 heavy (non-hydrogen) atoms. The summed E-state index contributed by atoms with van der Waals surface area (Å²) in [6.07, 6.45) is 0. The fourth-order valence-electron chi connectivity index (χ4n) is 0.957. The molecule has 0 spiro atoms. The van der Waals surface area contributed by atoms with Crippen LogP contribution in [0, 0.1) is 11.3 Å². The first-order valence-electron chi connectivity index (χ1n) is 4.92. The van der Waals surface area contributed by atoms with Crippen molar-refractivity contribution in [3.63, 3.8) is 0 Å². The van der Waals surface area contributed by atoms with Gasteiger partial charge in [-0.05, 0) is 12.1 Å². The summed E-state index contributed by atoms with van der Waals surface area (Å²) in [5, 5.41) is 22.3. The highest BCUT2D eigenvalue weighted by atomic mass is 35.5. The normalized spacial score (nSPS) is 9.29. The fourth-order valence-corrected chi connectivity index (χ4v) is 1.57. The van der Waals surface area contributed by atoms with E-state index >= 15 is 0 Å². The van der Waals surface area contributed by atoms with Crippen LogP contribution in [0.4, 0.5) is 0 Å². The van der Waals surface area contributed by atoms with Gasteiger partial charge in [0.05, 0.1) is 11.1 Å². The Bertz CT molecular complexity index is 717. The Hall–Kier alpha value is -1.72. The molecule has 0 radical (unpaired) electrons. The van der Waals surface area contributed by atoms with Gasteiger partial charge in [0, 0.05) is 0 Å². The van der Waals surface area contributed by atoms with E-state index in [4.69, 9.17) is 57.4 Å². The molecule has 0 aliphatic carbocycles. The van der Waals surface area contributed by atoms with Gasteiger partial charge in [0.1, 0.15) is 6.07 Å². The van der Waals surface area contributed by atoms with Gasteiger partial charge in [-0.25, -0.2) is 0 Å². The molecule has 0 aliphatic rings. The molecule has 0 aromatic carbocycles. The van der Waals surface area contributed by atoms with E-state index < -0.39 is 5.91 Å². The number of hydrogen-bond acceptors (Lipinski definition) is 6. The van der Waals surface area contributed by atoms with Crippen LogP contribution >= 0.6 is 46.4 Å². The molecule has 1 amide bonds. The first-order chi connectivity index (χ1) is 9.85. The summed E-state index contributed by atoms with van der Waals surface area (Å²) in [6, 6.07) is 4.44. The number of carbonyl (C=O) groups excluding carboxylic acids is 1. The van der Waals surface area contributed by atoms with Crippen LogP contribution in [0.1, 0.15) is 15.9 Å². The third kappa shape index (κ3) is 5.28. The monoisotopic (exact) mass is 364 g/mol. The first-order valence-corrected chi connectivity index (χ1v) is 6.43. The number of hydrogen-bond donors (Lipinski definition) is 1. The molecule has 0 unspecified atom stereocenters.